The first-order valence-corrected chi connectivity index (χ1v) is 7.11. The summed E-state index contributed by atoms with van der Waals surface area (Å²) in [5.41, 5.74) is -1.20. The van der Waals surface area contributed by atoms with Crippen LogP contribution in [0.15, 0.2) is 18.1 Å². The molecule has 0 spiro atoms. The molecule has 3 atom stereocenters. The first kappa shape index (κ1) is 5.31. The number of fused-ring (bicyclic) bond motifs is 1. The van der Waals surface area contributed by atoms with E-state index in [4.69, 9.17) is 19.8 Å². The average Bonchev–Trinajstić information content (AvgIpc) is 2.65. The van der Waals surface area contributed by atoms with Gasteiger partial charge in [-0.3, -0.25) is 0 Å². The van der Waals surface area contributed by atoms with Crippen LogP contribution < -0.4 is 4.74 Å². The number of ether oxygens (including phenoxy) is 1. The summed E-state index contributed by atoms with van der Waals surface area (Å²) in [6.45, 7) is -2.84. The first-order valence-electron chi connectivity index (χ1n) is 13.1. The summed E-state index contributed by atoms with van der Waals surface area (Å²) >= 11 is 0. The topological polar surface area (TPSA) is 12.5 Å². The Morgan fingerprint density at radius 2 is 2.50 bits per heavy atom. The number of rotatable bonds is 1. The zero-order valence-electron chi connectivity index (χ0n) is 23.2. The molecule has 1 aromatic rings. The highest BCUT2D eigenvalue weighted by Crippen LogP contribution is 2.55. The van der Waals surface area contributed by atoms with E-state index in [-0.39, 0.29) is 24.1 Å². The Labute approximate surface area is 139 Å². The molecule has 0 aromatic heterocycles. The second kappa shape index (κ2) is 4.49. The molecule has 2 fully saturated rings. The zero-order valence-corrected chi connectivity index (χ0v) is 11.2. The highest BCUT2D eigenvalue weighted by molar-refractivity contribution is 5.45. The fourth-order valence-electron chi connectivity index (χ4n) is 4.17. The van der Waals surface area contributed by atoms with Gasteiger partial charge in [0.25, 0.3) is 0 Å². The van der Waals surface area contributed by atoms with Crippen molar-refractivity contribution in [3.05, 3.63) is 29.3 Å². The van der Waals surface area contributed by atoms with Crippen LogP contribution in [0.25, 0.3) is 0 Å². The van der Waals surface area contributed by atoms with Crippen molar-refractivity contribution in [2.24, 2.45) is 5.92 Å². The summed E-state index contributed by atoms with van der Waals surface area (Å²) < 4.78 is 104. The van der Waals surface area contributed by atoms with E-state index in [0.717, 1.165) is 4.90 Å². The number of hydrogen-bond donors (Lipinski definition) is 0. The molecule has 1 aliphatic heterocycles. The van der Waals surface area contributed by atoms with Crippen LogP contribution in [0.1, 0.15) is 59.7 Å². The molecular weight excluding hydrogens is 246 g/mol. The summed E-state index contributed by atoms with van der Waals surface area (Å²) in [6.07, 6.45) is -0.233. The van der Waals surface area contributed by atoms with E-state index in [2.05, 4.69) is 0 Å². The van der Waals surface area contributed by atoms with Gasteiger partial charge in [-0.2, -0.15) is 0 Å². The standard InChI is InChI=1S/C18H25NO/c1-19-10-9-18-8-4-3-5-15(18)17(19)11-13-6-7-14(20-2)12-16(13)18/h6-7,12,15,17H,3-5,8-11H2,1-2H3/t15?,17-,18-/m0/s1/i1D3,2D3,6D,7D,11D2,12D,17D. The van der Waals surface area contributed by atoms with E-state index >= 15 is 0 Å². The number of methoxy groups -OCH3 is 1. The highest BCUT2D eigenvalue weighted by Gasteiger charge is 2.53. The van der Waals surface area contributed by atoms with Gasteiger partial charge in [-0.15, -0.1) is 0 Å². The van der Waals surface area contributed by atoms with Crippen molar-refractivity contribution in [2.45, 2.75) is 49.9 Å². The van der Waals surface area contributed by atoms with Gasteiger partial charge in [-0.05, 0) is 68.3 Å². The van der Waals surface area contributed by atoms with Crippen LogP contribution in [0.2, 0.25) is 0 Å². The molecule has 1 saturated heterocycles. The summed E-state index contributed by atoms with van der Waals surface area (Å²) in [4.78, 5) is 0.900. The van der Waals surface area contributed by atoms with E-state index in [9.17, 15) is 1.37 Å². The Morgan fingerprint density at radius 3 is 3.40 bits per heavy atom. The molecule has 2 nitrogen and oxygen atoms in total. The smallest absolute Gasteiger partial charge is 0.119 e. The minimum absolute atomic E-state index is 0.0969. The molecule has 108 valence electrons. The number of nitrogens with zero attached hydrogens (tertiary/aromatic N) is 1. The maximum Gasteiger partial charge on any atom is 0.119 e. The van der Waals surface area contributed by atoms with Gasteiger partial charge < -0.3 is 9.64 Å². The van der Waals surface area contributed by atoms with Gasteiger partial charge in [0.05, 0.1) is 15.3 Å². The quantitative estimate of drug-likeness (QED) is 0.783. The van der Waals surface area contributed by atoms with Crippen molar-refractivity contribution in [1.82, 2.24) is 4.90 Å². The lowest BCUT2D eigenvalue weighted by Gasteiger charge is -2.58. The SMILES string of the molecule is [2H]c1c([2H])c2c(c([2H])c1OC([2H])([2H])[2H])[C@]13CCCCC1[C@@]([2H])(N(C([2H])([2H])[2H])CC3)C2([2H])[2H]. The molecule has 1 heterocycles. The van der Waals surface area contributed by atoms with Gasteiger partial charge in [-0.1, -0.05) is 18.9 Å². The zero-order chi connectivity index (χ0) is 24.1. The Bertz CT molecular complexity index is 957. The van der Waals surface area contributed by atoms with Crippen LogP contribution >= 0.6 is 0 Å². The molecule has 2 bridgehead atoms. The number of benzene rings is 1. The lowest BCUT2D eigenvalue weighted by molar-refractivity contribution is 0.00274. The molecular formula is C18H25NO. The molecule has 0 radical (unpaired) electrons. The minimum atomic E-state index is -2.96. The summed E-state index contributed by atoms with van der Waals surface area (Å²) in [6, 6.07) is -4.09. The van der Waals surface area contributed by atoms with Gasteiger partial charge in [0.15, 0.2) is 0 Å². The predicted molar refractivity (Wildman–Crippen MR) is 81.4 cm³/mol. The van der Waals surface area contributed by atoms with Gasteiger partial charge >= 0.3 is 0 Å². The van der Waals surface area contributed by atoms with Gasteiger partial charge in [0, 0.05) is 19.7 Å². The van der Waals surface area contributed by atoms with Crippen LogP contribution in [-0.4, -0.2) is 31.5 Å². The van der Waals surface area contributed by atoms with Crippen LogP contribution in [0, 0.1) is 5.92 Å². The van der Waals surface area contributed by atoms with Crippen LogP contribution in [-0.2, 0) is 11.8 Å². The van der Waals surface area contributed by atoms with E-state index < -0.39 is 61.6 Å². The Kier molecular flexibility index (Phi) is 1.19. The van der Waals surface area contributed by atoms with Gasteiger partial charge in [-0.25, -0.2) is 0 Å². The van der Waals surface area contributed by atoms with E-state index in [1.807, 2.05) is 0 Å². The Morgan fingerprint density at radius 1 is 1.50 bits per heavy atom. The first-order chi connectivity index (χ1) is 14.5. The van der Waals surface area contributed by atoms with E-state index in [1.54, 1.807) is 0 Å². The van der Waals surface area contributed by atoms with Crippen LogP contribution in [0.4, 0.5) is 0 Å². The third-order valence-electron chi connectivity index (χ3n) is 5.08. The molecule has 20 heavy (non-hydrogen) atoms. The average molecular weight is 283 g/mol. The fraction of sp³-hybridized carbons (Fsp3) is 0.667. The third kappa shape index (κ3) is 1.60. The van der Waals surface area contributed by atoms with Crippen LogP contribution in [0.3, 0.4) is 0 Å². The fourth-order valence-corrected chi connectivity index (χ4v) is 4.17. The van der Waals surface area contributed by atoms with Crippen molar-refractivity contribution in [3.63, 3.8) is 0 Å². The number of piperidine rings is 1. The Balaban J connectivity index is 2.11. The Hall–Kier alpha value is -1.02. The molecule has 1 aromatic carbocycles. The molecule has 4 rings (SSSR count). The number of hydrogen-bond acceptors (Lipinski definition) is 2. The molecule has 2 aliphatic carbocycles. The maximum absolute atomic E-state index is 9.32. The van der Waals surface area contributed by atoms with Crippen molar-refractivity contribution in [1.29, 1.82) is 0 Å². The molecule has 1 unspecified atom stereocenters. The predicted octanol–water partition coefficient (Wildman–Crippen LogP) is 3.38. The normalized spacial score (nSPS) is 52.3. The minimum Gasteiger partial charge on any atom is -0.497 e. The molecule has 2 heteroatoms. The maximum atomic E-state index is 9.32. The summed E-state index contributed by atoms with van der Waals surface area (Å²) in [5.74, 6) is -1.37. The van der Waals surface area contributed by atoms with E-state index in [1.165, 1.54) is 0 Å². The van der Waals surface area contributed by atoms with Crippen molar-refractivity contribution in [3.8, 4) is 5.75 Å². The van der Waals surface area contributed by atoms with Gasteiger partial charge in [0.2, 0.25) is 0 Å². The van der Waals surface area contributed by atoms with Crippen molar-refractivity contribution >= 4 is 0 Å². The van der Waals surface area contributed by atoms with Gasteiger partial charge in [0.1, 0.15) is 5.75 Å². The summed E-state index contributed by atoms with van der Waals surface area (Å²) in [5, 5.41) is 0. The molecule has 0 amide bonds. The van der Waals surface area contributed by atoms with Crippen LogP contribution in [0.5, 0.6) is 5.75 Å². The highest BCUT2D eigenvalue weighted by atomic mass is 16.5. The monoisotopic (exact) mass is 283 g/mol. The van der Waals surface area contributed by atoms with Crippen molar-refractivity contribution in [2.75, 3.05) is 20.6 Å². The number of likely N-dealkylation sites (N-methyl/N-ethyl adjacent to an activating group) is 1. The number of likely N-dealkylation sites (tertiary alicyclic amines) is 1. The van der Waals surface area contributed by atoms with E-state index in [0.29, 0.717) is 25.7 Å². The molecule has 1 saturated carbocycles. The largest absolute Gasteiger partial charge is 0.497 e. The van der Waals surface area contributed by atoms with Crippen molar-refractivity contribution < 1.29 is 21.2 Å². The second-order valence-electron chi connectivity index (χ2n) is 5.92. The summed E-state index contributed by atoms with van der Waals surface area (Å²) in [7, 11) is -2.96. The second-order valence-corrected chi connectivity index (χ2v) is 5.92. The molecule has 3 aliphatic rings. The molecule has 0 N–H and O–H groups in total. The lowest BCUT2D eigenvalue weighted by Crippen LogP contribution is -2.59. The lowest BCUT2D eigenvalue weighted by atomic mass is 9.52. The third-order valence-corrected chi connectivity index (χ3v) is 5.08.